The Bertz CT molecular complexity index is 521. The lowest BCUT2D eigenvalue weighted by molar-refractivity contribution is 0.820. The highest BCUT2D eigenvalue weighted by Crippen LogP contribution is 2.05. The summed E-state index contributed by atoms with van der Waals surface area (Å²) < 4.78 is 3.07. The maximum absolute atomic E-state index is 11.6. The monoisotopic (exact) mass is 175 g/mol. The zero-order valence-corrected chi connectivity index (χ0v) is 7.27. The molecule has 13 heavy (non-hydrogen) atoms. The van der Waals surface area contributed by atoms with Crippen molar-refractivity contribution in [1.82, 2.24) is 14.2 Å². The number of fused-ring (bicyclic) bond motifs is 1. The van der Waals surface area contributed by atoms with Crippen molar-refractivity contribution in [2.45, 2.75) is 0 Å². The van der Waals surface area contributed by atoms with Crippen LogP contribution in [0.3, 0.4) is 0 Å². The van der Waals surface area contributed by atoms with E-state index in [0.717, 1.165) is 5.56 Å². The van der Waals surface area contributed by atoms with E-state index in [1.807, 2.05) is 0 Å². The molecule has 2 aromatic rings. The van der Waals surface area contributed by atoms with Gasteiger partial charge in [-0.15, -0.1) is 0 Å². The molecule has 0 radical (unpaired) electrons. The molecule has 0 bridgehead atoms. The Hall–Kier alpha value is -1.84. The largest absolute Gasteiger partial charge is 0.315 e. The van der Waals surface area contributed by atoms with Gasteiger partial charge in [0.15, 0.2) is 0 Å². The van der Waals surface area contributed by atoms with Crippen LogP contribution in [0.15, 0.2) is 30.0 Å². The fraction of sp³-hybridized carbons (Fsp3) is 0.111. The smallest absolute Gasteiger partial charge is 0.276 e. The van der Waals surface area contributed by atoms with Crippen molar-refractivity contribution in [2.75, 3.05) is 0 Å². The molecule has 0 N–H and O–H groups in total. The number of aromatic nitrogens is 3. The Balaban J connectivity index is 3.02. The van der Waals surface area contributed by atoms with Crippen LogP contribution in [0.1, 0.15) is 5.56 Å². The highest BCUT2D eigenvalue weighted by molar-refractivity contribution is 5.66. The standard InChI is InChI=1S/C9H9N3O/c1-3-7-6-10-12-5-4-11(2)9(13)8(7)12/h3-6H,1H2,2H3. The summed E-state index contributed by atoms with van der Waals surface area (Å²) in [4.78, 5) is 11.6. The van der Waals surface area contributed by atoms with Crippen LogP contribution in [0.4, 0.5) is 0 Å². The molecule has 2 aromatic heterocycles. The average molecular weight is 175 g/mol. The summed E-state index contributed by atoms with van der Waals surface area (Å²) in [5.74, 6) is 0. The predicted molar refractivity (Wildman–Crippen MR) is 50.5 cm³/mol. The minimum absolute atomic E-state index is 0.0603. The first-order chi connectivity index (χ1) is 6.24. The molecule has 66 valence electrons. The third-order valence-electron chi connectivity index (χ3n) is 2.00. The van der Waals surface area contributed by atoms with Crippen LogP contribution in [0, 0.1) is 0 Å². The molecule has 0 fully saturated rings. The van der Waals surface area contributed by atoms with Crippen molar-refractivity contribution in [1.29, 1.82) is 0 Å². The minimum Gasteiger partial charge on any atom is -0.315 e. The van der Waals surface area contributed by atoms with Crippen molar-refractivity contribution in [3.8, 4) is 0 Å². The quantitative estimate of drug-likeness (QED) is 0.639. The van der Waals surface area contributed by atoms with E-state index in [4.69, 9.17) is 0 Å². The van der Waals surface area contributed by atoms with E-state index in [-0.39, 0.29) is 5.56 Å². The summed E-state index contributed by atoms with van der Waals surface area (Å²) >= 11 is 0. The van der Waals surface area contributed by atoms with Crippen molar-refractivity contribution in [3.63, 3.8) is 0 Å². The molecule has 0 aliphatic rings. The molecule has 0 aliphatic heterocycles. The molecule has 0 aliphatic carbocycles. The van der Waals surface area contributed by atoms with Crippen LogP contribution in [0.5, 0.6) is 0 Å². The molecule has 0 atom stereocenters. The van der Waals surface area contributed by atoms with Gasteiger partial charge >= 0.3 is 0 Å². The number of nitrogens with zero attached hydrogens (tertiary/aromatic N) is 3. The van der Waals surface area contributed by atoms with E-state index in [0.29, 0.717) is 5.52 Å². The van der Waals surface area contributed by atoms with Crippen LogP contribution in [-0.2, 0) is 7.05 Å². The van der Waals surface area contributed by atoms with E-state index in [9.17, 15) is 4.79 Å². The topological polar surface area (TPSA) is 39.3 Å². The molecule has 4 nitrogen and oxygen atoms in total. The second kappa shape index (κ2) is 2.58. The number of aryl methyl sites for hydroxylation is 1. The molecule has 0 spiro atoms. The third-order valence-corrected chi connectivity index (χ3v) is 2.00. The Labute approximate surface area is 74.7 Å². The van der Waals surface area contributed by atoms with Gasteiger partial charge in [0.2, 0.25) is 0 Å². The Morgan fingerprint density at radius 1 is 1.54 bits per heavy atom. The number of hydrogen-bond acceptors (Lipinski definition) is 2. The van der Waals surface area contributed by atoms with Gasteiger partial charge < -0.3 is 4.57 Å². The lowest BCUT2D eigenvalue weighted by Gasteiger charge is -1.97. The Morgan fingerprint density at radius 2 is 2.31 bits per heavy atom. The first kappa shape index (κ1) is 7.79. The first-order valence-electron chi connectivity index (χ1n) is 3.89. The van der Waals surface area contributed by atoms with Crippen LogP contribution in [0.25, 0.3) is 11.6 Å². The van der Waals surface area contributed by atoms with Gasteiger partial charge in [-0.2, -0.15) is 5.10 Å². The van der Waals surface area contributed by atoms with Crippen LogP contribution in [0.2, 0.25) is 0 Å². The van der Waals surface area contributed by atoms with E-state index < -0.39 is 0 Å². The van der Waals surface area contributed by atoms with Gasteiger partial charge in [-0.25, -0.2) is 4.52 Å². The molecular weight excluding hydrogens is 166 g/mol. The summed E-state index contributed by atoms with van der Waals surface area (Å²) in [6, 6.07) is 0. The van der Waals surface area contributed by atoms with Crippen molar-refractivity contribution < 1.29 is 0 Å². The van der Waals surface area contributed by atoms with E-state index >= 15 is 0 Å². The summed E-state index contributed by atoms with van der Waals surface area (Å²) in [5.41, 5.74) is 1.27. The first-order valence-corrected chi connectivity index (χ1v) is 3.89. The fourth-order valence-corrected chi connectivity index (χ4v) is 1.26. The SMILES string of the molecule is C=Cc1cnn2ccn(C)c(=O)c12. The third kappa shape index (κ3) is 0.989. The van der Waals surface area contributed by atoms with E-state index in [1.54, 1.807) is 36.2 Å². The number of hydrogen-bond donors (Lipinski definition) is 0. The van der Waals surface area contributed by atoms with Crippen LogP contribution < -0.4 is 5.56 Å². The molecule has 0 unspecified atom stereocenters. The molecule has 4 heteroatoms. The Morgan fingerprint density at radius 3 is 3.00 bits per heavy atom. The van der Waals surface area contributed by atoms with Crippen LogP contribution >= 0.6 is 0 Å². The number of rotatable bonds is 1. The average Bonchev–Trinajstić information content (AvgIpc) is 2.55. The molecule has 2 rings (SSSR count). The summed E-state index contributed by atoms with van der Waals surface area (Å²) in [5, 5.41) is 4.02. The highest BCUT2D eigenvalue weighted by atomic mass is 16.1. The summed E-state index contributed by atoms with van der Waals surface area (Å²) in [7, 11) is 1.71. The molecule has 0 saturated carbocycles. The molecule has 0 saturated heterocycles. The predicted octanol–water partition coefficient (Wildman–Crippen LogP) is 0.676. The van der Waals surface area contributed by atoms with Gasteiger partial charge in [0, 0.05) is 25.0 Å². The van der Waals surface area contributed by atoms with E-state index in [2.05, 4.69) is 11.7 Å². The van der Waals surface area contributed by atoms with Gasteiger partial charge in [0.1, 0.15) is 5.52 Å². The van der Waals surface area contributed by atoms with Gasteiger partial charge in [0.25, 0.3) is 5.56 Å². The lowest BCUT2D eigenvalue weighted by Crippen LogP contribution is -2.18. The van der Waals surface area contributed by atoms with Gasteiger partial charge in [-0.3, -0.25) is 4.79 Å². The Kier molecular flexibility index (Phi) is 1.55. The van der Waals surface area contributed by atoms with Crippen molar-refractivity contribution in [3.05, 3.63) is 41.1 Å². The molecule has 0 amide bonds. The zero-order chi connectivity index (χ0) is 9.42. The molecular formula is C9H9N3O. The molecule has 0 aromatic carbocycles. The fourth-order valence-electron chi connectivity index (χ4n) is 1.26. The van der Waals surface area contributed by atoms with Gasteiger partial charge in [0.05, 0.1) is 6.20 Å². The van der Waals surface area contributed by atoms with Gasteiger partial charge in [-0.05, 0) is 0 Å². The van der Waals surface area contributed by atoms with Crippen molar-refractivity contribution >= 4 is 11.6 Å². The minimum atomic E-state index is -0.0603. The van der Waals surface area contributed by atoms with Gasteiger partial charge in [-0.1, -0.05) is 12.7 Å². The maximum atomic E-state index is 11.6. The highest BCUT2D eigenvalue weighted by Gasteiger charge is 2.05. The lowest BCUT2D eigenvalue weighted by atomic mass is 10.3. The summed E-state index contributed by atoms with van der Waals surface area (Å²) in [6.07, 6.45) is 6.67. The maximum Gasteiger partial charge on any atom is 0.276 e. The molecule has 2 heterocycles. The second-order valence-electron chi connectivity index (χ2n) is 2.81. The zero-order valence-electron chi connectivity index (χ0n) is 7.27. The summed E-state index contributed by atoms with van der Waals surface area (Å²) in [6.45, 7) is 3.62. The normalized spacial score (nSPS) is 10.5. The van der Waals surface area contributed by atoms with E-state index in [1.165, 1.54) is 4.57 Å². The second-order valence-corrected chi connectivity index (χ2v) is 2.81. The van der Waals surface area contributed by atoms with Crippen molar-refractivity contribution in [2.24, 2.45) is 7.05 Å². The van der Waals surface area contributed by atoms with Crippen LogP contribution in [-0.4, -0.2) is 14.2 Å².